The SMILES string of the molecule is CCOC(=O)c1ccc(N2C(=O)CC(c3ccccc3)=C3C(=O)N(c4ccc(COO)cc4)N=C32)cc1. The monoisotopic (exact) mass is 497 g/mol. The van der Waals surface area contributed by atoms with E-state index in [1.54, 1.807) is 55.5 Å². The van der Waals surface area contributed by atoms with E-state index in [9.17, 15) is 14.4 Å². The van der Waals surface area contributed by atoms with Gasteiger partial charge in [-0.25, -0.2) is 9.68 Å². The van der Waals surface area contributed by atoms with E-state index in [-0.39, 0.29) is 37.3 Å². The van der Waals surface area contributed by atoms with Gasteiger partial charge in [0.1, 0.15) is 6.61 Å². The van der Waals surface area contributed by atoms with Crippen LogP contribution in [0.3, 0.4) is 0 Å². The zero-order valence-electron chi connectivity index (χ0n) is 20.0. The summed E-state index contributed by atoms with van der Waals surface area (Å²) in [6.45, 7) is 1.99. The first kappa shape index (κ1) is 24.1. The molecule has 186 valence electrons. The van der Waals surface area contributed by atoms with E-state index >= 15 is 0 Å². The molecule has 0 atom stereocenters. The van der Waals surface area contributed by atoms with Gasteiger partial charge in [-0.15, -0.1) is 5.10 Å². The molecule has 3 aromatic carbocycles. The van der Waals surface area contributed by atoms with Crippen molar-refractivity contribution in [2.24, 2.45) is 5.10 Å². The fraction of sp³-hybridized carbons (Fsp3) is 0.143. The maximum absolute atomic E-state index is 13.7. The van der Waals surface area contributed by atoms with Crippen molar-refractivity contribution in [2.45, 2.75) is 20.0 Å². The number of hydrogen-bond donors (Lipinski definition) is 1. The number of amidine groups is 1. The average Bonchev–Trinajstić information content (AvgIpc) is 3.26. The molecule has 0 aromatic heterocycles. The predicted molar refractivity (Wildman–Crippen MR) is 137 cm³/mol. The molecule has 0 radical (unpaired) electrons. The molecule has 5 rings (SSSR count). The summed E-state index contributed by atoms with van der Waals surface area (Å²) in [5.74, 6) is -0.858. The number of anilines is 2. The Morgan fingerprint density at radius 3 is 2.27 bits per heavy atom. The largest absolute Gasteiger partial charge is 0.462 e. The summed E-state index contributed by atoms with van der Waals surface area (Å²) in [4.78, 5) is 44.8. The molecule has 0 bridgehead atoms. The minimum atomic E-state index is -0.458. The van der Waals surface area contributed by atoms with Crippen LogP contribution in [0.5, 0.6) is 0 Å². The summed E-state index contributed by atoms with van der Waals surface area (Å²) in [6.07, 6.45) is 0.00432. The van der Waals surface area contributed by atoms with E-state index < -0.39 is 5.97 Å². The van der Waals surface area contributed by atoms with E-state index in [4.69, 9.17) is 9.99 Å². The van der Waals surface area contributed by atoms with Crippen molar-refractivity contribution < 1.29 is 29.3 Å². The quantitative estimate of drug-likeness (QED) is 0.294. The van der Waals surface area contributed by atoms with Crippen molar-refractivity contribution in [3.05, 3.63) is 101 Å². The van der Waals surface area contributed by atoms with Crippen LogP contribution >= 0.6 is 0 Å². The van der Waals surface area contributed by atoms with Crippen molar-refractivity contribution in [3.8, 4) is 0 Å². The van der Waals surface area contributed by atoms with Gasteiger partial charge in [-0.05, 0) is 60.0 Å². The zero-order valence-corrected chi connectivity index (χ0v) is 20.0. The lowest BCUT2D eigenvalue weighted by Crippen LogP contribution is -2.41. The second kappa shape index (κ2) is 10.2. The number of esters is 1. The Kier molecular flexibility index (Phi) is 6.63. The summed E-state index contributed by atoms with van der Waals surface area (Å²) >= 11 is 0. The van der Waals surface area contributed by atoms with Crippen molar-refractivity contribution in [3.63, 3.8) is 0 Å². The van der Waals surface area contributed by atoms with E-state index in [0.717, 1.165) is 5.56 Å². The minimum absolute atomic E-state index is 0.00432. The van der Waals surface area contributed by atoms with Gasteiger partial charge in [-0.1, -0.05) is 42.5 Å². The van der Waals surface area contributed by atoms with Gasteiger partial charge in [0.05, 0.1) is 35.5 Å². The number of rotatable bonds is 7. The van der Waals surface area contributed by atoms with Gasteiger partial charge in [0.15, 0.2) is 5.84 Å². The summed E-state index contributed by atoms with van der Waals surface area (Å²) in [5, 5.41) is 14.5. The molecule has 0 spiro atoms. The zero-order chi connectivity index (χ0) is 25.9. The average molecular weight is 498 g/mol. The van der Waals surface area contributed by atoms with Gasteiger partial charge >= 0.3 is 5.97 Å². The molecule has 0 saturated carbocycles. The fourth-order valence-corrected chi connectivity index (χ4v) is 4.34. The number of carbonyl (C=O) groups excluding carboxylic acids is 3. The van der Waals surface area contributed by atoms with Gasteiger partial charge in [-0.3, -0.25) is 19.7 Å². The molecule has 0 saturated heterocycles. The number of ether oxygens (including phenoxy) is 1. The molecule has 2 aliphatic rings. The van der Waals surface area contributed by atoms with Crippen LogP contribution in [0.4, 0.5) is 11.4 Å². The number of nitrogens with zero attached hydrogens (tertiary/aromatic N) is 3. The highest BCUT2D eigenvalue weighted by Crippen LogP contribution is 2.38. The first-order valence-electron chi connectivity index (χ1n) is 11.7. The van der Waals surface area contributed by atoms with Gasteiger partial charge in [0.2, 0.25) is 5.91 Å². The highest BCUT2D eigenvalue weighted by molar-refractivity contribution is 6.44. The number of benzene rings is 3. The minimum Gasteiger partial charge on any atom is -0.462 e. The molecular formula is C28H23N3O6. The first-order valence-corrected chi connectivity index (χ1v) is 11.7. The Labute approximate surface area is 212 Å². The van der Waals surface area contributed by atoms with Crippen molar-refractivity contribution >= 4 is 40.6 Å². The molecule has 2 aliphatic heterocycles. The van der Waals surface area contributed by atoms with Crippen molar-refractivity contribution in [2.75, 3.05) is 16.5 Å². The molecule has 37 heavy (non-hydrogen) atoms. The normalized spacial score (nSPS) is 15.1. The molecule has 3 aromatic rings. The lowest BCUT2D eigenvalue weighted by atomic mass is 9.91. The Balaban J connectivity index is 1.59. The number of amides is 2. The molecule has 0 unspecified atom stereocenters. The molecule has 9 nitrogen and oxygen atoms in total. The summed E-state index contributed by atoms with van der Waals surface area (Å²) in [6, 6.07) is 22.5. The van der Waals surface area contributed by atoms with Crippen LogP contribution < -0.4 is 9.91 Å². The molecule has 1 N–H and O–H groups in total. The second-order valence-corrected chi connectivity index (χ2v) is 8.37. The molecule has 0 fully saturated rings. The fourth-order valence-electron chi connectivity index (χ4n) is 4.34. The highest BCUT2D eigenvalue weighted by atomic mass is 17.1. The maximum Gasteiger partial charge on any atom is 0.338 e. The summed E-state index contributed by atoms with van der Waals surface area (Å²) in [7, 11) is 0. The third-order valence-corrected chi connectivity index (χ3v) is 6.09. The lowest BCUT2D eigenvalue weighted by molar-refractivity contribution is -0.253. The van der Waals surface area contributed by atoms with Crippen molar-refractivity contribution in [1.82, 2.24) is 0 Å². The number of carbonyl (C=O) groups is 3. The van der Waals surface area contributed by atoms with Crippen LogP contribution in [0.1, 0.15) is 34.8 Å². The van der Waals surface area contributed by atoms with Crippen LogP contribution in [-0.2, 0) is 25.8 Å². The molecule has 9 heteroatoms. The Bertz CT molecular complexity index is 1410. The number of fused-ring (bicyclic) bond motifs is 1. The Hall–Kier alpha value is -4.60. The summed E-state index contributed by atoms with van der Waals surface area (Å²) < 4.78 is 5.04. The maximum atomic E-state index is 13.7. The van der Waals surface area contributed by atoms with E-state index in [1.165, 1.54) is 9.91 Å². The van der Waals surface area contributed by atoms with Gasteiger partial charge in [0.25, 0.3) is 5.91 Å². The van der Waals surface area contributed by atoms with E-state index in [1.807, 2.05) is 30.3 Å². The van der Waals surface area contributed by atoms with Crippen LogP contribution in [0, 0.1) is 0 Å². The molecular weight excluding hydrogens is 474 g/mol. The van der Waals surface area contributed by atoms with E-state index in [0.29, 0.717) is 33.6 Å². The summed E-state index contributed by atoms with van der Waals surface area (Å²) in [5.41, 5.74) is 3.75. The number of hydrazone groups is 1. The Morgan fingerprint density at radius 2 is 1.62 bits per heavy atom. The molecule has 0 aliphatic carbocycles. The number of hydrogen-bond acceptors (Lipinski definition) is 7. The second-order valence-electron chi connectivity index (χ2n) is 8.37. The first-order chi connectivity index (χ1) is 18.0. The standard InChI is InChI=1S/C28H23N3O6/c1-2-36-28(34)20-10-14-21(15-11-20)30-24(32)16-23(19-6-4-3-5-7-19)25-26(30)29-31(27(25)33)22-12-8-18(9-13-22)17-37-35/h3-15,35H,2,16-17H2,1H3. The van der Waals surface area contributed by atoms with Crippen LogP contribution in [0.25, 0.3) is 5.57 Å². The molecule has 2 heterocycles. The van der Waals surface area contributed by atoms with E-state index in [2.05, 4.69) is 9.99 Å². The highest BCUT2D eigenvalue weighted by Gasteiger charge is 2.43. The molecule has 2 amide bonds. The smallest absolute Gasteiger partial charge is 0.338 e. The van der Waals surface area contributed by atoms with Gasteiger partial charge in [-0.2, -0.15) is 5.01 Å². The lowest BCUT2D eigenvalue weighted by Gasteiger charge is -2.28. The van der Waals surface area contributed by atoms with Crippen LogP contribution in [0.15, 0.2) is 89.5 Å². The predicted octanol–water partition coefficient (Wildman–Crippen LogP) is 4.40. The topological polar surface area (TPSA) is 109 Å². The van der Waals surface area contributed by atoms with Crippen LogP contribution in [0.2, 0.25) is 0 Å². The Morgan fingerprint density at radius 1 is 0.946 bits per heavy atom. The van der Waals surface area contributed by atoms with Gasteiger partial charge < -0.3 is 4.74 Å². The van der Waals surface area contributed by atoms with Gasteiger partial charge in [0, 0.05) is 0 Å². The third-order valence-electron chi connectivity index (χ3n) is 6.09. The van der Waals surface area contributed by atoms with Crippen LogP contribution in [-0.4, -0.2) is 35.5 Å². The van der Waals surface area contributed by atoms with Crippen molar-refractivity contribution in [1.29, 1.82) is 0 Å². The third kappa shape index (κ3) is 4.53.